The van der Waals surface area contributed by atoms with Crippen molar-refractivity contribution in [1.29, 1.82) is 0 Å². The number of aliphatic carboxylic acids is 1. The molecule has 0 spiro atoms. The summed E-state index contributed by atoms with van der Waals surface area (Å²) in [5, 5.41) is 12.9. The minimum absolute atomic E-state index is 0.348. The summed E-state index contributed by atoms with van der Waals surface area (Å²) in [6, 6.07) is 21.9. The Balaban J connectivity index is 1.47. The van der Waals surface area contributed by atoms with Crippen LogP contribution in [0.2, 0.25) is 5.02 Å². The molecule has 0 aromatic heterocycles. The van der Waals surface area contributed by atoms with E-state index in [0.29, 0.717) is 35.7 Å². The molecule has 36 heavy (non-hydrogen) atoms. The molecule has 1 fully saturated rings. The van der Waals surface area contributed by atoms with Gasteiger partial charge in [-0.25, -0.2) is 4.79 Å². The number of halogens is 1. The third kappa shape index (κ3) is 7.64. The molecule has 0 unspecified atom stereocenters. The molecule has 0 heterocycles. The number of carboxylic acids is 1. The standard InChI is InChI=1S/C30H28ClNO4/c1-21-19-27(14-15-29(21)36-20-30(33)34)35-18-16-28(24-8-10-25(31)11-9-24)23-6-4-22(5-7-23)3-2-17-32-26-12-13-26/h4-11,14-16,19,26,32H,12-13,17-18,20H2,1H3,(H,33,34). The molecule has 0 radical (unpaired) electrons. The van der Waals surface area contributed by atoms with Crippen LogP contribution in [-0.2, 0) is 4.79 Å². The van der Waals surface area contributed by atoms with E-state index in [4.69, 9.17) is 26.2 Å². The van der Waals surface area contributed by atoms with Crippen LogP contribution in [0.4, 0.5) is 0 Å². The van der Waals surface area contributed by atoms with Gasteiger partial charge in [-0.15, -0.1) is 0 Å². The Morgan fingerprint density at radius 2 is 1.75 bits per heavy atom. The second-order valence-corrected chi connectivity index (χ2v) is 9.02. The van der Waals surface area contributed by atoms with E-state index in [-0.39, 0.29) is 6.61 Å². The van der Waals surface area contributed by atoms with Crippen molar-refractivity contribution in [2.45, 2.75) is 25.8 Å². The molecular formula is C30H28ClNO4. The molecule has 1 saturated carbocycles. The lowest BCUT2D eigenvalue weighted by Crippen LogP contribution is -2.15. The molecule has 6 heteroatoms. The van der Waals surface area contributed by atoms with Crippen LogP contribution in [-0.4, -0.2) is 36.9 Å². The van der Waals surface area contributed by atoms with Crippen molar-refractivity contribution in [2.24, 2.45) is 0 Å². The van der Waals surface area contributed by atoms with Gasteiger partial charge in [-0.2, -0.15) is 0 Å². The highest BCUT2D eigenvalue weighted by atomic mass is 35.5. The number of benzene rings is 3. The van der Waals surface area contributed by atoms with Crippen molar-refractivity contribution in [2.75, 3.05) is 19.8 Å². The van der Waals surface area contributed by atoms with Crippen molar-refractivity contribution in [3.8, 4) is 23.3 Å². The largest absolute Gasteiger partial charge is 0.489 e. The van der Waals surface area contributed by atoms with E-state index >= 15 is 0 Å². The first-order valence-electron chi connectivity index (χ1n) is 11.8. The van der Waals surface area contributed by atoms with Crippen molar-refractivity contribution in [3.63, 3.8) is 0 Å². The first kappa shape index (κ1) is 25.4. The van der Waals surface area contributed by atoms with E-state index in [2.05, 4.69) is 29.3 Å². The summed E-state index contributed by atoms with van der Waals surface area (Å²) >= 11 is 6.11. The number of hydrogen-bond donors (Lipinski definition) is 2. The molecule has 1 aliphatic rings. The molecule has 0 amide bonds. The van der Waals surface area contributed by atoms with Crippen LogP contribution >= 0.6 is 11.6 Å². The topological polar surface area (TPSA) is 67.8 Å². The van der Waals surface area contributed by atoms with Gasteiger partial charge in [-0.05, 0) is 90.6 Å². The lowest BCUT2D eigenvalue weighted by molar-refractivity contribution is -0.139. The van der Waals surface area contributed by atoms with Crippen molar-refractivity contribution in [3.05, 3.63) is 100 Å². The van der Waals surface area contributed by atoms with E-state index in [1.807, 2.05) is 55.5 Å². The summed E-state index contributed by atoms with van der Waals surface area (Å²) in [7, 11) is 0. The number of carboxylic acid groups (broad SMARTS) is 1. The number of hydrogen-bond acceptors (Lipinski definition) is 4. The SMILES string of the molecule is Cc1cc(OCC=C(c2ccc(Cl)cc2)c2ccc(C#CCNC3CC3)cc2)ccc1OCC(=O)O. The van der Waals surface area contributed by atoms with Gasteiger partial charge in [0.1, 0.15) is 18.1 Å². The molecule has 4 rings (SSSR count). The van der Waals surface area contributed by atoms with Crippen LogP contribution in [0, 0.1) is 18.8 Å². The maximum Gasteiger partial charge on any atom is 0.341 e. The van der Waals surface area contributed by atoms with Gasteiger partial charge in [0, 0.05) is 16.6 Å². The Kier molecular flexibility index (Phi) is 8.67. The van der Waals surface area contributed by atoms with Gasteiger partial charge in [-0.1, -0.05) is 47.7 Å². The maximum absolute atomic E-state index is 10.7. The summed E-state index contributed by atoms with van der Waals surface area (Å²) < 4.78 is 11.3. The van der Waals surface area contributed by atoms with Crippen molar-refractivity contribution < 1.29 is 19.4 Å². The van der Waals surface area contributed by atoms with Gasteiger partial charge in [-0.3, -0.25) is 0 Å². The molecule has 0 aliphatic heterocycles. The Hall–Kier alpha value is -3.72. The Bertz CT molecular complexity index is 1280. The number of carbonyl (C=O) groups is 1. The molecule has 2 N–H and O–H groups in total. The van der Waals surface area contributed by atoms with Gasteiger partial charge in [0.15, 0.2) is 6.61 Å². The third-order valence-corrected chi connectivity index (χ3v) is 5.93. The lowest BCUT2D eigenvalue weighted by Gasteiger charge is -2.12. The summed E-state index contributed by atoms with van der Waals surface area (Å²) in [6.07, 6.45) is 4.55. The summed E-state index contributed by atoms with van der Waals surface area (Å²) in [5.74, 6) is 6.58. The lowest BCUT2D eigenvalue weighted by atomic mass is 9.97. The van der Waals surface area contributed by atoms with Gasteiger partial charge in [0.25, 0.3) is 0 Å². The molecule has 1 aliphatic carbocycles. The second kappa shape index (κ2) is 12.3. The highest BCUT2D eigenvalue weighted by molar-refractivity contribution is 6.30. The number of ether oxygens (including phenoxy) is 2. The minimum Gasteiger partial charge on any atom is -0.489 e. The molecule has 3 aromatic carbocycles. The Labute approximate surface area is 216 Å². The normalized spacial score (nSPS) is 13.0. The van der Waals surface area contributed by atoms with Crippen molar-refractivity contribution >= 4 is 23.1 Å². The molecule has 184 valence electrons. The van der Waals surface area contributed by atoms with E-state index in [1.165, 1.54) is 12.8 Å². The average Bonchev–Trinajstić information content (AvgIpc) is 3.70. The molecule has 3 aromatic rings. The smallest absolute Gasteiger partial charge is 0.341 e. The molecular weight excluding hydrogens is 474 g/mol. The van der Waals surface area contributed by atoms with Crippen LogP contribution in [0.25, 0.3) is 5.57 Å². The van der Waals surface area contributed by atoms with Crippen LogP contribution in [0.1, 0.15) is 35.1 Å². The highest BCUT2D eigenvalue weighted by Gasteiger charge is 2.19. The van der Waals surface area contributed by atoms with Crippen LogP contribution in [0.5, 0.6) is 11.5 Å². The van der Waals surface area contributed by atoms with E-state index in [9.17, 15) is 4.79 Å². The zero-order valence-electron chi connectivity index (χ0n) is 20.1. The van der Waals surface area contributed by atoms with Gasteiger partial charge < -0.3 is 19.9 Å². The quantitative estimate of drug-likeness (QED) is 0.347. The first-order chi connectivity index (χ1) is 17.5. The van der Waals surface area contributed by atoms with Gasteiger partial charge >= 0.3 is 5.97 Å². The van der Waals surface area contributed by atoms with Gasteiger partial charge in [0.05, 0.1) is 6.54 Å². The number of rotatable bonds is 10. The van der Waals surface area contributed by atoms with Crippen LogP contribution in [0.15, 0.2) is 72.8 Å². The predicted octanol–water partition coefficient (Wildman–Crippen LogP) is 5.73. The Morgan fingerprint density at radius 1 is 1.06 bits per heavy atom. The molecule has 5 nitrogen and oxygen atoms in total. The second-order valence-electron chi connectivity index (χ2n) is 8.58. The summed E-state index contributed by atoms with van der Waals surface area (Å²) in [5.41, 5.74) is 4.89. The fourth-order valence-corrected chi connectivity index (χ4v) is 3.75. The number of aryl methyl sites for hydroxylation is 1. The molecule has 0 atom stereocenters. The average molecular weight is 502 g/mol. The third-order valence-electron chi connectivity index (χ3n) is 5.68. The number of nitrogens with one attached hydrogen (secondary N) is 1. The fourth-order valence-electron chi connectivity index (χ4n) is 3.63. The zero-order chi connectivity index (χ0) is 25.3. The zero-order valence-corrected chi connectivity index (χ0v) is 20.8. The predicted molar refractivity (Wildman–Crippen MR) is 143 cm³/mol. The highest BCUT2D eigenvalue weighted by Crippen LogP contribution is 2.27. The first-order valence-corrected chi connectivity index (χ1v) is 12.2. The molecule has 0 bridgehead atoms. The maximum atomic E-state index is 10.7. The molecule has 0 saturated heterocycles. The van der Waals surface area contributed by atoms with E-state index in [1.54, 1.807) is 12.1 Å². The van der Waals surface area contributed by atoms with Crippen LogP contribution < -0.4 is 14.8 Å². The fraction of sp³-hybridized carbons (Fsp3) is 0.233. The van der Waals surface area contributed by atoms with Crippen LogP contribution in [0.3, 0.4) is 0 Å². The van der Waals surface area contributed by atoms with Crippen molar-refractivity contribution in [1.82, 2.24) is 5.32 Å². The van der Waals surface area contributed by atoms with E-state index < -0.39 is 5.97 Å². The Morgan fingerprint density at radius 3 is 2.39 bits per heavy atom. The summed E-state index contributed by atoms with van der Waals surface area (Å²) in [4.78, 5) is 10.7. The monoisotopic (exact) mass is 501 g/mol. The minimum atomic E-state index is -1.01. The summed E-state index contributed by atoms with van der Waals surface area (Å²) in [6.45, 7) is 2.54. The van der Waals surface area contributed by atoms with E-state index in [0.717, 1.165) is 27.8 Å². The van der Waals surface area contributed by atoms with Gasteiger partial charge in [0.2, 0.25) is 0 Å².